The van der Waals surface area contributed by atoms with Gasteiger partial charge in [0.1, 0.15) is 0 Å². The first-order valence-corrected chi connectivity index (χ1v) is 8.90. The Hall–Kier alpha value is -2.93. The standard InChI is InChI=1S/C19H20N2O4S/c1-23-16-5-3-4-15(18(16)24-2)21-19(22)20-10-8-14-6-7-17(26-14)13-9-11-25-12-13/h3-7,9,11-12H,8,10H2,1-2H3,(H2,20,21,22). The molecule has 0 saturated carbocycles. The average molecular weight is 372 g/mol. The van der Waals surface area contributed by atoms with E-state index in [4.69, 9.17) is 13.9 Å². The van der Waals surface area contributed by atoms with Gasteiger partial charge in [0.15, 0.2) is 11.5 Å². The summed E-state index contributed by atoms with van der Waals surface area (Å²) in [6, 6.07) is 11.1. The molecule has 2 heterocycles. The van der Waals surface area contributed by atoms with E-state index >= 15 is 0 Å². The highest BCUT2D eigenvalue weighted by molar-refractivity contribution is 7.15. The van der Waals surface area contributed by atoms with Crippen LogP contribution in [0.1, 0.15) is 4.88 Å². The van der Waals surface area contributed by atoms with Crippen molar-refractivity contribution < 1.29 is 18.7 Å². The molecular weight excluding hydrogens is 352 g/mol. The Labute approximate surface area is 155 Å². The lowest BCUT2D eigenvalue weighted by molar-refractivity contribution is 0.252. The molecule has 0 saturated heterocycles. The number of anilines is 1. The fourth-order valence-corrected chi connectivity index (χ4v) is 3.52. The van der Waals surface area contributed by atoms with Gasteiger partial charge in [-0.05, 0) is 36.8 Å². The number of furan rings is 1. The van der Waals surface area contributed by atoms with Gasteiger partial charge in [0.05, 0.1) is 32.4 Å². The summed E-state index contributed by atoms with van der Waals surface area (Å²) >= 11 is 1.69. The summed E-state index contributed by atoms with van der Waals surface area (Å²) in [6.07, 6.45) is 4.14. The van der Waals surface area contributed by atoms with Crippen molar-refractivity contribution in [1.29, 1.82) is 0 Å². The Bertz CT molecular complexity index is 858. The normalized spacial score (nSPS) is 10.4. The Balaban J connectivity index is 1.52. The summed E-state index contributed by atoms with van der Waals surface area (Å²) in [5.41, 5.74) is 1.62. The molecule has 3 aromatic rings. The van der Waals surface area contributed by atoms with Crippen LogP contribution in [-0.2, 0) is 6.42 Å². The molecule has 0 radical (unpaired) electrons. The molecule has 0 spiro atoms. The van der Waals surface area contributed by atoms with Crippen LogP contribution in [0.3, 0.4) is 0 Å². The third-order valence-electron chi connectivity index (χ3n) is 3.78. The van der Waals surface area contributed by atoms with Crippen LogP contribution in [0.25, 0.3) is 10.4 Å². The summed E-state index contributed by atoms with van der Waals surface area (Å²) in [6.45, 7) is 0.531. The molecule has 0 unspecified atom stereocenters. The van der Waals surface area contributed by atoms with Crippen molar-refractivity contribution in [3.05, 3.63) is 53.8 Å². The van der Waals surface area contributed by atoms with Crippen LogP contribution in [0.5, 0.6) is 11.5 Å². The van der Waals surface area contributed by atoms with Gasteiger partial charge < -0.3 is 24.5 Å². The van der Waals surface area contributed by atoms with Gasteiger partial charge in [-0.3, -0.25) is 0 Å². The smallest absolute Gasteiger partial charge is 0.319 e. The van der Waals surface area contributed by atoms with Crippen molar-refractivity contribution in [2.24, 2.45) is 0 Å². The first-order chi connectivity index (χ1) is 12.7. The number of amides is 2. The number of carbonyl (C=O) groups is 1. The van der Waals surface area contributed by atoms with Crippen molar-refractivity contribution in [2.45, 2.75) is 6.42 Å². The second kappa shape index (κ2) is 8.44. The number of nitrogens with one attached hydrogen (secondary N) is 2. The minimum Gasteiger partial charge on any atom is -0.493 e. The average Bonchev–Trinajstić information content (AvgIpc) is 3.33. The van der Waals surface area contributed by atoms with Crippen molar-refractivity contribution >= 4 is 23.1 Å². The Kier molecular flexibility index (Phi) is 5.80. The summed E-state index contributed by atoms with van der Waals surface area (Å²) in [4.78, 5) is 14.5. The fourth-order valence-electron chi connectivity index (χ4n) is 2.52. The maximum Gasteiger partial charge on any atom is 0.319 e. The number of benzene rings is 1. The molecule has 2 N–H and O–H groups in total. The molecule has 0 atom stereocenters. The molecule has 0 aliphatic rings. The first-order valence-electron chi connectivity index (χ1n) is 8.08. The maximum atomic E-state index is 12.1. The minimum absolute atomic E-state index is 0.289. The molecule has 6 nitrogen and oxygen atoms in total. The van der Waals surface area contributed by atoms with Crippen LogP contribution in [0.15, 0.2) is 53.3 Å². The zero-order valence-corrected chi connectivity index (χ0v) is 15.4. The Morgan fingerprint density at radius 1 is 1.15 bits per heavy atom. The fraction of sp³-hybridized carbons (Fsp3) is 0.211. The highest BCUT2D eigenvalue weighted by Crippen LogP contribution is 2.34. The molecule has 136 valence electrons. The number of thiophene rings is 1. The molecule has 0 aliphatic heterocycles. The molecule has 3 rings (SSSR count). The van der Waals surface area contributed by atoms with Crippen LogP contribution < -0.4 is 20.1 Å². The molecule has 0 fully saturated rings. The quantitative estimate of drug-likeness (QED) is 0.645. The number of rotatable bonds is 7. The van der Waals surface area contributed by atoms with E-state index in [1.807, 2.05) is 6.07 Å². The van der Waals surface area contributed by atoms with E-state index in [9.17, 15) is 4.79 Å². The number of carbonyl (C=O) groups excluding carboxylic acids is 1. The Morgan fingerprint density at radius 3 is 2.77 bits per heavy atom. The van der Waals surface area contributed by atoms with Crippen molar-refractivity contribution in [3.63, 3.8) is 0 Å². The molecular formula is C19H20N2O4S. The van der Waals surface area contributed by atoms with Crippen molar-refractivity contribution in [1.82, 2.24) is 5.32 Å². The van der Waals surface area contributed by atoms with E-state index in [0.29, 0.717) is 23.7 Å². The summed E-state index contributed by atoms with van der Waals surface area (Å²) in [7, 11) is 3.09. The minimum atomic E-state index is -0.289. The number of hydrogen-bond donors (Lipinski definition) is 2. The number of urea groups is 1. The molecule has 2 aromatic heterocycles. The predicted molar refractivity (Wildman–Crippen MR) is 102 cm³/mol. The summed E-state index contributed by atoms with van der Waals surface area (Å²) in [5.74, 6) is 1.06. The van der Waals surface area contributed by atoms with Gasteiger partial charge in [-0.15, -0.1) is 11.3 Å². The summed E-state index contributed by atoms with van der Waals surface area (Å²) in [5, 5.41) is 5.64. The molecule has 1 aromatic carbocycles. The lowest BCUT2D eigenvalue weighted by Gasteiger charge is -2.13. The highest BCUT2D eigenvalue weighted by atomic mass is 32.1. The Morgan fingerprint density at radius 2 is 2.04 bits per heavy atom. The van der Waals surface area contributed by atoms with Gasteiger partial charge in [-0.2, -0.15) is 0 Å². The molecule has 26 heavy (non-hydrogen) atoms. The van der Waals surface area contributed by atoms with E-state index in [1.165, 1.54) is 12.0 Å². The maximum absolute atomic E-state index is 12.1. The molecule has 0 bridgehead atoms. The highest BCUT2D eigenvalue weighted by Gasteiger charge is 2.12. The van der Waals surface area contributed by atoms with E-state index in [-0.39, 0.29) is 6.03 Å². The lowest BCUT2D eigenvalue weighted by atomic mass is 10.2. The van der Waals surface area contributed by atoms with E-state index in [2.05, 4.69) is 22.8 Å². The third-order valence-corrected chi connectivity index (χ3v) is 4.97. The van der Waals surface area contributed by atoms with Gasteiger partial charge >= 0.3 is 6.03 Å². The van der Waals surface area contributed by atoms with Gasteiger partial charge in [0.25, 0.3) is 0 Å². The van der Waals surface area contributed by atoms with Crippen LogP contribution in [0.2, 0.25) is 0 Å². The zero-order valence-electron chi connectivity index (χ0n) is 14.6. The van der Waals surface area contributed by atoms with Gasteiger partial charge in [0.2, 0.25) is 0 Å². The topological polar surface area (TPSA) is 72.7 Å². The van der Waals surface area contributed by atoms with E-state index < -0.39 is 0 Å². The second-order valence-corrected chi connectivity index (χ2v) is 6.62. The zero-order chi connectivity index (χ0) is 18.4. The molecule has 2 amide bonds. The number of para-hydroxylation sites is 1. The largest absolute Gasteiger partial charge is 0.493 e. The van der Waals surface area contributed by atoms with Crippen LogP contribution in [-0.4, -0.2) is 26.8 Å². The first kappa shape index (κ1) is 17.9. The number of ether oxygens (including phenoxy) is 2. The van der Waals surface area contributed by atoms with Crippen molar-refractivity contribution in [2.75, 3.05) is 26.1 Å². The van der Waals surface area contributed by atoms with Crippen LogP contribution in [0.4, 0.5) is 10.5 Å². The molecule has 0 aliphatic carbocycles. The van der Waals surface area contributed by atoms with E-state index in [0.717, 1.165) is 16.9 Å². The van der Waals surface area contributed by atoms with E-state index in [1.54, 1.807) is 49.2 Å². The third kappa shape index (κ3) is 4.18. The van der Waals surface area contributed by atoms with Crippen LogP contribution in [0, 0.1) is 0 Å². The lowest BCUT2D eigenvalue weighted by Crippen LogP contribution is -2.30. The molecule has 7 heteroatoms. The van der Waals surface area contributed by atoms with Crippen molar-refractivity contribution in [3.8, 4) is 21.9 Å². The predicted octanol–water partition coefficient (Wildman–Crippen LogP) is 4.39. The monoisotopic (exact) mass is 372 g/mol. The SMILES string of the molecule is COc1cccc(NC(=O)NCCc2ccc(-c3ccoc3)s2)c1OC. The number of hydrogen-bond acceptors (Lipinski definition) is 5. The van der Waals surface area contributed by atoms with Gasteiger partial charge in [0, 0.05) is 21.9 Å². The van der Waals surface area contributed by atoms with Crippen LogP contribution >= 0.6 is 11.3 Å². The van der Waals surface area contributed by atoms with Gasteiger partial charge in [-0.1, -0.05) is 6.07 Å². The van der Waals surface area contributed by atoms with Gasteiger partial charge in [-0.25, -0.2) is 4.79 Å². The number of methoxy groups -OCH3 is 2. The second-order valence-electron chi connectivity index (χ2n) is 5.45. The summed E-state index contributed by atoms with van der Waals surface area (Å²) < 4.78 is 15.6.